The fraction of sp³-hybridized carbons (Fsp3) is 0.632. The summed E-state index contributed by atoms with van der Waals surface area (Å²) in [5, 5.41) is 11.9. The minimum atomic E-state index is -0.546. The Morgan fingerprint density at radius 1 is 1.24 bits per heavy atom. The smallest absolute Gasteiger partial charge is 0.357 e. The van der Waals surface area contributed by atoms with Crippen LogP contribution in [0.1, 0.15) is 49.0 Å². The molecule has 0 aliphatic heterocycles. The van der Waals surface area contributed by atoms with Crippen molar-refractivity contribution in [2.45, 2.75) is 44.1 Å². The summed E-state index contributed by atoms with van der Waals surface area (Å²) in [5.41, 5.74) is -0.684. The lowest BCUT2D eigenvalue weighted by Crippen LogP contribution is -2.61. The Hall–Kier alpha value is -1.95. The highest BCUT2D eigenvalue weighted by Crippen LogP contribution is 2.63. The van der Waals surface area contributed by atoms with Gasteiger partial charge in [0.15, 0.2) is 0 Å². The summed E-state index contributed by atoms with van der Waals surface area (Å²) in [6.45, 7) is 0.213. The summed E-state index contributed by atoms with van der Waals surface area (Å²) < 4.78 is 5.99. The molecule has 0 aromatic carbocycles. The highest BCUT2D eigenvalue weighted by Gasteiger charge is 2.62. The van der Waals surface area contributed by atoms with Crippen molar-refractivity contribution in [3.63, 3.8) is 0 Å². The zero-order chi connectivity index (χ0) is 17.5. The molecule has 6 heteroatoms. The third-order valence-electron chi connectivity index (χ3n) is 6.07. The predicted octanol–water partition coefficient (Wildman–Crippen LogP) is 1.69. The topological polar surface area (TPSA) is 88.5 Å². The third kappa shape index (κ3) is 2.92. The van der Waals surface area contributed by atoms with Crippen LogP contribution >= 0.6 is 0 Å². The maximum absolute atomic E-state index is 12.8. The maximum Gasteiger partial charge on any atom is 0.357 e. The van der Waals surface area contributed by atoms with Crippen molar-refractivity contribution in [2.75, 3.05) is 13.2 Å². The second-order valence-electron chi connectivity index (χ2n) is 8.01. The molecule has 1 heterocycles. The van der Waals surface area contributed by atoms with Crippen molar-refractivity contribution in [3.8, 4) is 0 Å². The predicted molar refractivity (Wildman–Crippen MR) is 89.6 cm³/mol. The minimum absolute atomic E-state index is 0.00825. The standard InChI is InChI=1S/C19H24N2O4/c22-6-5-21-17(24)18-8-13-7-14(9-18)11-19(10-13,12-18)25-16(23)15-3-1-2-4-20-15/h1-4,13-14,22H,5-12H2,(H,21,24). The van der Waals surface area contributed by atoms with Gasteiger partial charge in [-0.15, -0.1) is 0 Å². The number of aliphatic hydroxyl groups is 1. The molecule has 6 nitrogen and oxygen atoms in total. The first-order valence-corrected chi connectivity index (χ1v) is 9.08. The van der Waals surface area contributed by atoms with Crippen LogP contribution in [0.25, 0.3) is 0 Å². The summed E-state index contributed by atoms with van der Waals surface area (Å²) in [4.78, 5) is 29.4. The fourth-order valence-corrected chi connectivity index (χ4v) is 5.65. The van der Waals surface area contributed by atoms with E-state index in [1.807, 2.05) is 0 Å². The number of carbonyl (C=O) groups excluding carboxylic acids is 2. The normalized spacial score (nSPS) is 35.4. The van der Waals surface area contributed by atoms with Gasteiger partial charge in [-0.1, -0.05) is 6.07 Å². The van der Waals surface area contributed by atoms with Gasteiger partial charge in [0, 0.05) is 19.2 Å². The number of rotatable bonds is 5. The molecule has 134 valence electrons. The Bertz CT molecular complexity index is 661. The van der Waals surface area contributed by atoms with E-state index in [2.05, 4.69) is 10.3 Å². The van der Waals surface area contributed by atoms with Gasteiger partial charge in [0.2, 0.25) is 5.91 Å². The lowest BCUT2D eigenvalue weighted by atomic mass is 9.47. The monoisotopic (exact) mass is 344 g/mol. The molecule has 4 fully saturated rings. The van der Waals surface area contributed by atoms with Crippen LogP contribution in [-0.2, 0) is 9.53 Å². The molecular formula is C19H24N2O4. The second kappa shape index (κ2) is 6.09. The quantitative estimate of drug-likeness (QED) is 0.794. The molecule has 2 N–H and O–H groups in total. The molecule has 1 aromatic heterocycles. The Kier molecular flexibility index (Phi) is 4.02. The number of esters is 1. The van der Waals surface area contributed by atoms with E-state index in [0.29, 0.717) is 24.0 Å². The molecule has 1 aromatic rings. The van der Waals surface area contributed by atoms with Gasteiger partial charge >= 0.3 is 5.97 Å². The minimum Gasteiger partial charge on any atom is -0.454 e. The van der Waals surface area contributed by atoms with Gasteiger partial charge < -0.3 is 15.2 Å². The number of amides is 1. The van der Waals surface area contributed by atoms with Gasteiger partial charge in [0.05, 0.1) is 12.0 Å². The van der Waals surface area contributed by atoms with E-state index in [0.717, 1.165) is 32.1 Å². The first-order chi connectivity index (χ1) is 12.0. The van der Waals surface area contributed by atoms with Gasteiger partial charge in [0.1, 0.15) is 11.3 Å². The van der Waals surface area contributed by atoms with Gasteiger partial charge in [-0.25, -0.2) is 9.78 Å². The SMILES string of the molecule is O=C(OC12CC3CC(C1)CC(C(=O)NCCO)(C3)C2)c1ccccn1. The zero-order valence-corrected chi connectivity index (χ0v) is 14.2. The van der Waals surface area contributed by atoms with Crippen LogP contribution in [-0.4, -0.2) is 40.7 Å². The van der Waals surface area contributed by atoms with Crippen molar-refractivity contribution in [3.05, 3.63) is 30.1 Å². The van der Waals surface area contributed by atoms with E-state index in [1.54, 1.807) is 24.4 Å². The van der Waals surface area contributed by atoms with Crippen LogP contribution < -0.4 is 5.32 Å². The average molecular weight is 344 g/mol. The number of nitrogens with one attached hydrogen (secondary N) is 1. The van der Waals surface area contributed by atoms with Crippen molar-refractivity contribution < 1.29 is 19.4 Å². The maximum atomic E-state index is 12.8. The molecule has 4 aliphatic carbocycles. The summed E-state index contributed by atoms with van der Waals surface area (Å²) in [5.74, 6) is 0.470. The summed E-state index contributed by atoms with van der Waals surface area (Å²) in [6.07, 6.45) is 6.71. The van der Waals surface area contributed by atoms with Crippen LogP contribution in [0.15, 0.2) is 24.4 Å². The molecule has 0 radical (unpaired) electrons. The Morgan fingerprint density at radius 2 is 2.00 bits per heavy atom. The molecule has 2 unspecified atom stereocenters. The van der Waals surface area contributed by atoms with E-state index >= 15 is 0 Å². The molecule has 4 bridgehead atoms. The molecular weight excluding hydrogens is 320 g/mol. The van der Waals surface area contributed by atoms with Crippen molar-refractivity contribution in [1.29, 1.82) is 0 Å². The Morgan fingerprint density at radius 3 is 2.64 bits per heavy atom. The van der Waals surface area contributed by atoms with Gasteiger partial charge in [-0.05, 0) is 56.1 Å². The number of ether oxygens (including phenoxy) is 1. The summed E-state index contributed by atoms with van der Waals surface area (Å²) in [6, 6.07) is 5.20. The van der Waals surface area contributed by atoms with Crippen LogP contribution in [0.3, 0.4) is 0 Å². The molecule has 5 rings (SSSR count). The number of nitrogens with zero attached hydrogens (tertiary/aromatic N) is 1. The number of hydrogen-bond donors (Lipinski definition) is 2. The highest BCUT2D eigenvalue weighted by molar-refractivity contribution is 5.88. The largest absolute Gasteiger partial charge is 0.454 e. The molecule has 1 amide bonds. The van der Waals surface area contributed by atoms with Crippen molar-refractivity contribution >= 4 is 11.9 Å². The van der Waals surface area contributed by atoms with Gasteiger partial charge in [-0.3, -0.25) is 4.79 Å². The number of pyridine rings is 1. The molecule has 2 atom stereocenters. The molecule has 4 aliphatic rings. The second-order valence-corrected chi connectivity index (χ2v) is 8.01. The molecule has 0 spiro atoms. The first kappa shape index (κ1) is 16.5. The fourth-order valence-electron chi connectivity index (χ4n) is 5.65. The molecule has 25 heavy (non-hydrogen) atoms. The van der Waals surface area contributed by atoms with E-state index in [9.17, 15) is 9.59 Å². The number of aromatic nitrogens is 1. The van der Waals surface area contributed by atoms with E-state index in [-0.39, 0.29) is 19.1 Å². The number of aliphatic hydroxyl groups excluding tert-OH is 1. The van der Waals surface area contributed by atoms with Crippen LogP contribution in [0.2, 0.25) is 0 Å². The number of carbonyl (C=O) groups is 2. The van der Waals surface area contributed by atoms with Crippen molar-refractivity contribution in [2.24, 2.45) is 17.3 Å². The summed E-state index contributed by atoms with van der Waals surface area (Å²) >= 11 is 0. The molecule has 0 saturated heterocycles. The van der Waals surface area contributed by atoms with Crippen LogP contribution in [0, 0.1) is 17.3 Å². The van der Waals surface area contributed by atoms with E-state index in [4.69, 9.17) is 9.84 Å². The van der Waals surface area contributed by atoms with Crippen LogP contribution in [0.5, 0.6) is 0 Å². The van der Waals surface area contributed by atoms with Gasteiger partial charge in [0.25, 0.3) is 0 Å². The lowest BCUT2D eigenvalue weighted by molar-refractivity contribution is -0.179. The Labute approximate surface area is 147 Å². The van der Waals surface area contributed by atoms with E-state index < -0.39 is 17.0 Å². The molecule has 4 saturated carbocycles. The zero-order valence-electron chi connectivity index (χ0n) is 14.2. The first-order valence-electron chi connectivity index (χ1n) is 9.08. The average Bonchev–Trinajstić information content (AvgIpc) is 2.58. The summed E-state index contributed by atoms with van der Waals surface area (Å²) in [7, 11) is 0. The highest BCUT2D eigenvalue weighted by atomic mass is 16.6. The van der Waals surface area contributed by atoms with Crippen molar-refractivity contribution in [1.82, 2.24) is 10.3 Å². The lowest BCUT2D eigenvalue weighted by Gasteiger charge is -2.60. The number of hydrogen-bond acceptors (Lipinski definition) is 5. The van der Waals surface area contributed by atoms with Gasteiger partial charge in [-0.2, -0.15) is 0 Å². The third-order valence-corrected chi connectivity index (χ3v) is 6.07. The van der Waals surface area contributed by atoms with Crippen LogP contribution in [0.4, 0.5) is 0 Å². The van der Waals surface area contributed by atoms with E-state index in [1.165, 1.54) is 0 Å². The Balaban J connectivity index is 1.56.